The predicted molar refractivity (Wildman–Crippen MR) is 58.8 cm³/mol. The molecule has 0 aliphatic carbocycles. The Balaban J connectivity index is 2.59. The predicted octanol–water partition coefficient (Wildman–Crippen LogP) is 3.06. The lowest BCUT2D eigenvalue weighted by atomic mass is 10.1. The number of rotatable bonds is 1. The van der Waals surface area contributed by atoms with Crippen LogP contribution >= 0.6 is 15.9 Å². The number of benzene rings is 1. The van der Waals surface area contributed by atoms with Gasteiger partial charge in [-0.1, -0.05) is 15.9 Å². The number of nitrogens with zero attached hydrogens (tertiary/aromatic N) is 2. The second-order valence-corrected chi connectivity index (χ2v) is 3.93. The highest BCUT2D eigenvalue weighted by Gasteiger charge is 1.98. The molecule has 0 aliphatic rings. The van der Waals surface area contributed by atoms with Crippen molar-refractivity contribution >= 4 is 26.8 Å². The van der Waals surface area contributed by atoms with Crippen molar-refractivity contribution in [3.8, 4) is 6.07 Å². The van der Waals surface area contributed by atoms with Crippen LogP contribution in [0.15, 0.2) is 34.9 Å². The summed E-state index contributed by atoms with van der Waals surface area (Å²) < 4.78 is 1.03. The molecular weight excluding hydrogens is 240 g/mol. The van der Waals surface area contributed by atoms with Crippen molar-refractivity contribution in [3.63, 3.8) is 0 Å². The summed E-state index contributed by atoms with van der Waals surface area (Å²) in [6.07, 6.45) is 2.16. The van der Waals surface area contributed by atoms with E-state index in [1.54, 1.807) is 6.20 Å². The van der Waals surface area contributed by atoms with Crippen molar-refractivity contribution in [1.29, 1.82) is 5.26 Å². The Bertz CT molecular complexity index is 514. The fraction of sp³-hybridized carbons (Fsp3) is 0.0909. The van der Waals surface area contributed by atoms with Gasteiger partial charge >= 0.3 is 0 Å². The highest BCUT2D eigenvalue weighted by molar-refractivity contribution is 9.10. The molecule has 68 valence electrons. The van der Waals surface area contributed by atoms with Crippen LogP contribution in [0.3, 0.4) is 0 Å². The molecule has 2 nitrogen and oxygen atoms in total. The minimum Gasteiger partial charge on any atom is -0.256 e. The van der Waals surface area contributed by atoms with Crippen LogP contribution in [-0.4, -0.2) is 4.98 Å². The van der Waals surface area contributed by atoms with E-state index in [1.165, 1.54) is 0 Å². The van der Waals surface area contributed by atoms with Gasteiger partial charge in [-0.15, -0.1) is 0 Å². The Labute approximate surface area is 90.3 Å². The second kappa shape index (κ2) is 3.77. The van der Waals surface area contributed by atoms with Gasteiger partial charge in [0.15, 0.2) is 0 Å². The summed E-state index contributed by atoms with van der Waals surface area (Å²) >= 11 is 3.40. The van der Waals surface area contributed by atoms with E-state index in [2.05, 4.69) is 27.0 Å². The molecule has 1 aromatic heterocycles. The zero-order chi connectivity index (χ0) is 9.97. The van der Waals surface area contributed by atoms with Crippen molar-refractivity contribution in [2.45, 2.75) is 6.42 Å². The molecule has 0 unspecified atom stereocenters. The van der Waals surface area contributed by atoms with E-state index in [-0.39, 0.29) is 0 Å². The van der Waals surface area contributed by atoms with Gasteiger partial charge in [0.2, 0.25) is 0 Å². The summed E-state index contributed by atoms with van der Waals surface area (Å²) in [6.45, 7) is 0. The van der Waals surface area contributed by atoms with Gasteiger partial charge in [-0.3, -0.25) is 4.98 Å². The van der Waals surface area contributed by atoms with E-state index in [1.807, 2.05) is 24.3 Å². The van der Waals surface area contributed by atoms with Crippen LogP contribution in [-0.2, 0) is 6.42 Å². The molecule has 14 heavy (non-hydrogen) atoms. The Hall–Kier alpha value is -1.40. The maximum absolute atomic E-state index is 8.56. The van der Waals surface area contributed by atoms with E-state index in [0.717, 1.165) is 20.9 Å². The van der Waals surface area contributed by atoms with Gasteiger partial charge in [-0.25, -0.2) is 0 Å². The van der Waals surface area contributed by atoms with Gasteiger partial charge in [0.1, 0.15) is 0 Å². The van der Waals surface area contributed by atoms with Crippen LogP contribution in [0.2, 0.25) is 0 Å². The van der Waals surface area contributed by atoms with Gasteiger partial charge in [0.25, 0.3) is 0 Å². The zero-order valence-electron chi connectivity index (χ0n) is 7.37. The summed E-state index contributed by atoms with van der Waals surface area (Å²) in [7, 11) is 0. The number of nitriles is 1. The average Bonchev–Trinajstić information content (AvgIpc) is 2.17. The van der Waals surface area contributed by atoms with Crippen molar-refractivity contribution in [2.75, 3.05) is 0 Å². The van der Waals surface area contributed by atoms with E-state index < -0.39 is 0 Å². The maximum atomic E-state index is 8.56. The molecule has 0 N–H and O–H groups in total. The molecule has 2 rings (SSSR count). The minimum atomic E-state index is 0.412. The zero-order valence-corrected chi connectivity index (χ0v) is 8.95. The van der Waals surface area contributed by atoms with Crippen molar-refractivity contribution in [1.82, 2.24) is 4.98 Å². The average molecular weight is 247 g/mol. The summed E-state index contributed by atoms with van der Waals surface area (Å²) in [4.78, 5) is 4.27. The maximum Gasteiger partial charge on any atom is 0.0702 e. The van der Waals surface area contributed by atoms with Gasteiger partial charge in [-0.2, -0.15) is 5.26 Å². The molecule has 1 heterocycles. The minimum absolute atomic E-state index is 0.412. The van der Waals surface area contributed by atoms with E-state index in [4.69, 9.17) is 5.26 Å². The van der Waals surface area contributed by atoms with Crippen LogP contribution in [0, 0.1) is 11.3 Å². The smallest absolute Gasteiger partial charge is 0.0702 e. The third kappa shape index (κ3) is 1.75. The van der Waals surface area contributed by atoms with Crippen molar-refractivity contribution in [2.24, 2.45) is 0 Å². The van der Waals surface area contributed by atoms with Gasteiger partial charge < -0.3 is 0 Å². The van der Waals surface area contributed by atoms with Crippen molar-refractivity contribution < 1.29 is 0 Å². The number of hydrogen-bond donors (Lipinski definition) is 0. The molecule has 0 fully saturated rings. The normalized spacial score (nSPS) is 10.0. The standard InChI is InChI=1S/C11H7BrN2/c12-10-1-2-11-9(6-10)5-8(3-4-13)7-14-11/h1-2,5-7H,3H2. The summed E-state index contributed by atoms with van der Waals surface area (Å²) in [5, 5.41) is 9.62. The molecule has 2 aromatic rings. The third-order valence-corrected chi connectivity index (χ3v) is 2.48. The first-order valence-electron chi connectivity index (χ1n) is 4.21. The number of fused-ring (bicyclic) bond motifs is 1. The third-order valence-electron chi connectivity index (χ3n) is 1.98. The Morgan fingerprint density at radius 1 is 1.36 bits per heavy atom. The molecule has 0 atom stereocenters. The highest BCUT2D eigenvalue weighted by atomic mass is 79.9. The topological polar surface area (TPSA) is 36.7 Å². The fourth-order valence-electron chi connectivity index (χ4n) is 1.34. The number of pyridine rings is 1. The molecule has 0 spiro atoms. The lowest BCUT2D eigenvalue weighted by Gasteiger charge is -1.99. The highest BCUT2D eigenvalue weighted by Crippen LogP contribution is 2.19. The van der Waals surface area contributed by atoms with Crippen LogP contribution in [0.1, 0.15) is 5.56 Å². The number of halogens is 1. The molecule has 0 amide bonds. The quantitative estimate of drug-likeness (QED) is 0.776. The van der Waals surface area contributed by atoms with Crippen LogP contribution in [0.25, 0.3) is 10.9 Å². The molecule has 0 bridgehead atoms. The second-order valence-electron chi connectivity index (χ2n) is 3.02. The first kappa shape index (κ1) is 9.17. The monoisotopic (exact) mass is 246 g/mol. The fourth-order valence-corrected chi connectivity index (χ4v) is 1.71. The molecule has 1 aromatic carbocycles. The largest absolute Gasteiger partial charge is 0.256 e. The number of aromatic nitrogens is 1. The molecule has 0 aliphatic heterocycles. The molecular formula is C11H7BrN2. The Morgan fingerprint density at radius 3 is 3.00 bits per heavy atom. The Morgan fingerprint density at radius 2 is 2.21 bits per heavy atom. The van der Waals surface area contributed by atoms with Crippen LogP contribution in [0.5, 0.6) is 0 Å². The molecule has 0 radical (unpaired) electrons. The van der Waals surface area contributed by atoms with E-state index >= 15 is 0 Å². The van der Waals surface area contributed by atoms with Gasteiger partial charge in [0, 0.05) is 16.1 Å². The SMILES string of the molecule is N#CCc1cnc2ccc(Br)cc2c1. The first-order valence-corrected chi connectivity index (χ1v) is 5.00. The van der Waals surface area contributed by atoms with E-state index in [0.29, 0.717) is 6.42 Å². The lowest BCUT2D eigenvalue weighted by Crippen LogP contribution is -1.85. The van der Waals surface area contributed by atoms with Gasteiger partial charge in [-0.05, 0) is 29.8 Å². The van der Waals surface area contributed by atoms with Gasteiger partial charge in [0.05, 0.1) is 18.0 Å². The summed E-state index contributed by atoms with van der Waals surface area (Å²) in [5.41, 5.74) is 1.91. The number of hydrogen-bond acceptors (Lipinski definition) is 2. The van der Waals surface area contributed by atoms with Crippen LogP contribution < -0.4 is 0 Å². The first-order chi connectivity index (χ1) is 6.79. The lowest BCUT2D eigenvalue weighted by molar-refractivity contribution is 1.22. The Kier molecular flexibility index (Phi) is 2.47. The summed E-state index contributed by atoms with van der Waals surface area (Å²) in [5.74, 6) is 0. The molecule has 0 saturated heterocycles. The molecule has 0 saturated carbocycles. The van der Waals surface area contributed by atoms with Crippen LogP contribution in [0.4, 0.5) is 0 Å². The molecule has 3 heteroatoms. The van der Waals surface area contributed by atoms with Crippen molar-refractivity contribution in [3.05, 3.63) is 40.5 Å². The summed E-state index contributed by atoms with van der Waals surface area (Å²) in [6, 6.07) is 10.0. The van der Waals surface area contributed by atoms with E-state index in [9.17, 15) is 0 Å².